The summed E-state index contributed by atoms with van der Waals surface area (Å²) in [7, 11) is 8.94. The van der Waals surface area contributed by atoms with Gasteiger partial charge in [-0.05, 0) is 173 Å². The van der Waals surface area contributed by atoms with Crippen LogP contribution in [-0.4, -0.2) is 124 Å². The molecule has 6 N–H and O–H groups in total. The fourth-order valence-corrected chi connectivity index (χ4v) is 12.2. The fourth-order valence-electron chi connectivity index (χ4n) is 11.8. The van der Waals surface area contributed by atoms with E-state index in [0.717, 1.165) is 81.5 Å². The zero-order chi connectivity index (χ0) is 71.4. The number of nitrogens with zero attached hydrogens (tertiary/aromatic N) is 4. The van der Waals surface area contributed by atoms with Gasteiger partial charge in [-0.2, -0.15) is 0 Å². The normalized spacial score (nSPS) is 16.0. The minimum absolute atomic E-state index is 0.0114. The SMILES string of the molecule is COc1cc(-c2cccc(-c3cccc(NC(=O)c4c[nH]c(=O)n(C)c4=O)c3C)c2C)cc(F)c1CN(C)[C@@H]1CNC(=O)C1.COc1cc(-c2cccc(B3OC(C)(C)C(C)(C)O3)c2C)cc(F)c1CN(C)[C@@H]1CNC(=O)C1.Cc1c(Br)cccc1NC(=O)c1c[nH]c(=O)n(C)c1=O. The van der Waals surface area contributed by atoms with Crippen molar-refractivity contribution < 1.29 is 46.7 Å². The van der Waals surface area contributed by atoms with Gasteiger partial charge in [0.05, 0.1) is 25.4 Å². The van der Waals surface area contributed by atoms with Crippen LogP contribution in [0.2, 0.25) is 0 Å². The van der Waals surface area contributed by atoms with Gasteiger partial charge >= 0.3 is 18.5 Å². The van der Waals surface area contributed by atoms with Crippen LogP contribution < -0.4 is 58.7 Å². The number of likely N-dealkylation sites (N-methyl/N-ethyl adjacent to an activating group) is 2. The maximum atomic E-state index is 15.6. The summed E-state index contributed by atoms with van der Waals surface area (Å²) in [5.74, 6) is -1.02. The van der Waals surface area contributed by atoms with Gasteiger partial charge < -0.3 is 50.0 Å². The Morgan fingerprint density at radius 2 is 0.990 bits per heavy atom. The number of aromatic amines is 2. The fraction of sp³-hybridized carbons (Fsp3) is 0.333. The Morgan fingerprint density at radius 3 is 1.43 bits per heavy atom. The number of methoxy groups -OCH3 is 2. The van der Waals surface area contributed by atoms with Crippen LogP contribution in [0.5, 0.6) is 11.5 Å². The summed E-state index contributed by atoms with van der Waals surface area (Å²) >= 11 is 3.36. The zero-order valence-corrected chi connectivity index (χ0v) is 58.8. The summed E-state index contributed by atoms with van der Waals surface area (Å²) in [5, 5.41) is 11.1. The first kappa shape index (κ1) is 72.7. The predicted octanol–water partition coefficient (Wildman–Crippen LogP) is 8.57. The van der Waals surface area contributed by atoms with Crippen molar-refractivity contribution in [1.29, 1.82) is 0 Å². The monoisotopic (exact) mass is 1400 g/mol. The number of hydrogen-bond acceptors (Lipinski definition) is 14. The molecule has 0 saturated carbocycles. The lowest BCUT2D eigenvalue weighted by Crippen LogP contribution is -2.41. The van der Waals surface area contributed by atoms with Gasteiger partial charge in [0.15, 0.2) is 0 Å². The summed E-state index contributed by atoms with van der Waals surface area (Å²) < 4.78 is 57.3. The van der Waals surface area contributed by atoms with Gasteiger partial charge in [0.2, 0.25) is 11.8 Å². The van der Waals surface area contributed by atoms with Crippen LogP contribution in [-0.2, 0) is 46.1 Å². The lowest BCUT2D eigenvalue weighted by Gasteiger charge is -2.32. The second-order valence-corrected chi connectivity index (χ2v) is 26.4. The van der Waals surface area contributed by atoms with E-state index in [-0.39, 0.29) is 47.4 Å². The number of aromatic nitrogens is 4. The number of amides is 4. The van der Waals surface area contributed by atoms with Gasteiger partial charge in [0.25, 0.3) is 22.9 Å². The molecular formula is C72H80BBrF2N10O12. The molecule has 2 aromatic heterocycles. The number of carbonyl (C=O) groups is 4. The molecule has 514 valence electrons. The predicted molar refractivity (Wildman–Crippen MR) is 377 cm³/mol. The summed E-state index contributed by atoms with van der Waals surface area (Å²) in [6, 6.07) is 29.3. The van der Waals surface area contributed by atoms with Gasteiger partial charge in [0, 0.05) is 105 Å². The molecule has 0 spiro atoms. The topological polar surface area (TPSA) is 270 Å². The molecule has 26 heteroatoms. The zero-order valence-electron chi connectivity index (χ0n) is 57.2. The first-order chi connectivity index (χ1) is 46.3. The van der Waals surface area contributed by atoms with Crippen LogP contribution in [0.1, 0.15) is 94.6 Å². The maximum absolute atomic E-state index is 15.6. The van der Waals surface area contributed by atoms with Crippen molar-refractivity contribution in [2.45, 2.75) is 105 Å². The second-order valence-electron chi connectivity index (χ2n) is 25.6. The number of anilines is 2. The third kappa shape index (κ3) is 15.5. The smallest absolute Gasteiger partial charge is 0.495 e. The molecule has 8 aromatic rings. The highest BCUT2D eigenvalue weighted by Gasteiger charge is 2.52. The van der Waals surface area contributed by atoms with E-state index in [9.17, 15) is 38.4 Å². The lowest BCUT2D eigenvalue weighted by molar-refractivity contribution is -0.120. The van der Waals surface area contributed by atoms with Crippen LogP contribution in [0.3, 0.4) is 0 Å². The van der Waals surface area contributed by atoms with E-state index in [1.165, 1.54) is 27.3 Å². The third-order valence-corrected chi connectivity index (χ3v) is 19.7. The van der Waals surface area contributed by atoms with E-state index in [1.54, 1.807) is 37.4 Å². The Labute approximate surface area is 574 Å². The molecular weight excluding hydrogens is 1330 g/mol. The number of ether oxygens (including phenoxy) is 2. The molecule has 2 atom stereocenters. The van der Waals surface area contributed by atoms with Crippen LogP contribution >= 0.6 is 15.9 Å². The minimum atomic E-state index is -0.699. The van der Waals surface area contributed by atoms with E-state index in [2.05, 4.69) is 47.2 Å². The van der Waals surface area contributed by atoms with Crippen LogP contribution in [0.4, 0.5) is 20.2 Å². The molecule has 98 heavy (non-hydrogen) atoms. The van der Waals surface area contributed by atoms with E-state index < -0.39 is 58.5 Å². The van der Waals surface area contributed by atoms with Crippen molar-refractivity contribution in [2.24, 2.45) is 14.1 Å². The van der Waals surface area contributed by atoms with Crippen molar-refractivity contribution in [2.75, 3.05) is 52.0 Å². The molecule has 0 bridgehead atoms. The van der Waals surface area contributed by atoms with E-state index in [1.807, 2.05) is 140 Å². The number of benzene rings is 6. The number of H-pyrrole nitrogens is 2. The summed E-state index contributed by atoms with van der Waals surface area (Å²) in [4.78, 5) is 104. The van der Waals surface area contributed by atoms with Crippen molar-refractivity contribution in [3.05, 3.63) is 212 Å². The highest BCUT2D eigenvalue weighted by atomic mass is 79.9. The average molecular weight is 1410 g/mol. The highest BCUT2D eigenvalue weighted by Crippen LogP contribution is 2.40. The second kappa shape index (κ2) is 30.0. The molecule has 3 aliphatic rings. The Hall–Kier alpha value is -9.60. The molecule has 0 radical (unpaired) electrons. The molecule has 0 aliphatic carbocycles. The molecule has 4 amide bonds. The Kier molecular flexibility index (Phi) is 22.3. The van der Waals surface area contributed by atoms with Crippen LogP contribution in [0.25, 0.3) is 33.4 Å². The number of hydrogen-bond donors (Lipinski definition) is 6. The quantitative estimate of drug-likeness (QED) is 0.0495. The van der Waals surface area contributed by atoms with Crippen molar-refractivity contribution in [1.82, 2.24) is 39.5 Å². The van der Waals surface area contributed by atoms with Crippen molar-refractivity contribution >= 4 is 63.5 Å². The minimum Gasteiger partial charge on any atom is -0.496 e. The first-order valence-corrected chi connectivity index (χ1v) is 32.4. The Bertz CT molecular complexity index is 4670. The largest absolute Gasteiger partial charge is 0.496 e. The van der Waals surface area contributed by atoms with E-state index in [4.69, 9.17) is 18.8 Å². The lowest BCUT2D eigenvalue weighted by atomic mass is 9.74. The molecule has 5 heterocycles. The molecule has 6 aromatic carbocycles. The average Bonchev–Trinajstić information content (AvgIpc) is 1.50. The van der Waals surface area contributed by atoms with Crippen molar-refractivity contribution in [3.63, 3.8) is 0 Å². The molecule has 11 rings (SSSR count). The van der Waals surface area contributed by atoms with Crippen molar-refractivity contribution in [3.8, 4) is 44.9 Å². The number of carbonyl (C=O) groups excluding carboxylic acids is 4. The van der Waals surface area contributed by atoms with Gasteiger partial charge in [-0.15, -0.1) is 0 Å². The Morgan fingerprint density at radius 1 is 0.592 bits per heavy atom. The maximum Gasteiger partial charge on any atom is 0.495 e. The molecule has 3 fully saturated rings. The highest BCUT2D eigenvalue weighted by molar-refractivity contribution is 9.10. The number of rotatable bonds is 16. The Balaban J connectivity index is 0.000000184. The van der Waals surface area contributed by atoms with Gasteiger partial charge in [-0.1, -0.05) is 70.5 Å². The number of nitrogens with one attached hydrogen (secondary N) is 6. The number of halogens is 3. The summed E-state index contributed by atoms with van der Waals surface area (Å²) in [5.41, 5.74) is 7.55. The first-order valence-electron chi connectivity index (χ1n) is 31.6. The van der Waals surface area contributed by atoms with Crippen LogP contribution in [0, 0.1) is 39.3 Å². The van der Waals surface area contributed by atoms with E-state index >= 15 is 8.78 Å². The molecule has 22 nitrogen and oxygen atoms in total. The third-order valence-electron chi connectivity index (χ3n) is 18.8. The van der Waals surface area contributed by atoms with Gasteiger partial charge in [-0.3, -0.25) is 47.7 Å². The van der Waals surface area contributed by atoms with Gasteiger partial charge in [-0.25, -0.2) is 18.4 Å². The molecule has 3 saturated heterocycles. The summed E-state index contributed by atoms with van der Waals surface area (Å²) in [6.45, 7) is 17.5. The van der Waals surface area contributed by atoms with E-state index in [0.29, 0.717) is 72.0 Å². The van der Waals surface area contributed by atoms with Gasteiger partial charge in [0.1, 0.15) is 34.3 Å². The molecule has 3 aliphatic heterocycles. The molecule has 0 unspecified atom stereocenters. The summed E-state index contributed by atoms with van der Waals surface area (Å²) in [6.07, 6.45) is 3.02. The standard InChI is InChI=1S/C33H34FN5O5.C26H34BFN2O4.C13H12BrN3O3/c1-18-22(20-12-27(34)26(29(13-20)44-5)17-38(3)21-14-30(40)35-15-21)8-6-9-23(18)24-10-7-11-28(19(24)2)37-31(41)25-16-36-33(43)39(4)32(25)42;1-16-19(9-8-10-21(16)27-33-25(2,3)26(4,5)34-27)17-11-22(28)20(23(12-17)32-7)15-30(6)18-13-24(31)29-14-18;1-7-9(14)4-3-5-10(7)16-11(18)8-6-15-13(20)17(2)12(8)19/h6-13,16,21H,14-15,17H2,1-5H3,(H,35,40)(H,36,43)(H,37,41);8-12,18H,13-15H2,1-7H3,(H,29,31);3-6H,1-2H3,(H,15,20)(H,16,18)/t21-;18-;/m00./s1. The van der Waals surface area contributed by atoms with Crippen LogP contribution in [0.15, 0.2) is 133 Å².